The second kappa shape index (κ2) is 4.92. The van der Waals surface area contributed by atoms with Crippen LogP contribution in [0.4, 0.5) is 0 Å². The third-order valence-corrected chi connectivity index (χ3v) is 1.84. The Labute approximate surface area is 91.1 Å². The minimum absolute atomic E-state index is 0.259. The van der Waals surface area contributed by atoms with Gasteiger partial charge < -0.3 is 16.2 Å². The Bertz CT molecular complexity index is 402. The Kier molecular flexibility index (Phi) is 3.60. The minimum atomic E-state index is -1.72. The van der Waals surface area contributed by atoms with E-state index in [-0.39, 0.29) is 5.56 Å². The van der Waals surface area contributed by atoms with Gasteiger partial charge >= 0.3 is 5.97 Å². The summed E-state index contributed by atoms with van der Waals surface area (Å²) in [6.45, 7) is 0. The Morgan fingerprint density at radius 3 is 2.19 bits per heavy atom. The van der Waals surface area contributed by atoms with Gasteiger partial charge in [0.25, 0.3) is 11.8 Å². The van der Waals surface area contributed by atoms with Crippen molar-refractivity contribution in [3.05, 3.63) is 35.9 Å². The predicted molar refractivity (Wildman–Crippen MR) is 54.5 cm³/mol. The van der Waals surface area contributed by atoms with Crippen LogP contribution in [0.15, 0.2) is 30.3 Å². The number of carboxylic acid groups (broad SMARTS) is 1. The summed E-state index contributed by atoms with van der Waals surface area (Å²) in [6.07, 6.45) is 0. The van der Waals surface area contributed by atoms with E-state index in [1.807, 2.05) is 5.32 Å². The number of benzene rings is 1. The number of primary amides is 1. The summed E-state index contributed by atoms with van der Waals surface area (Å²) in [7, 11) is 0. The molecular weight excluding hydrogens is 212 g/mol. The van der Waals surface area contributed by atoms with Crippen molar-refractivity contribution < 1.29 is 19.5 Å². The molecule has 6 heteroatoms. The summed E-state index contributed by atoms with van der Waals surface area (Å²) in [6, 6.07) is 6.22. The predicted octanol–water partition coefficient (Wildman–Crippen LogP) is -0.645. The van der Waals surface area contributed by atoms with E-state index in [1.54, 1.807) is 18.2 Å². The van der Waals surface area contributed by atoms with Gasteiger partial charge in [-0.1, -0.05) is 18.2 Å². The van der Waals surface area contributed by atoms with Crippen LogP contribution in [0.1, 0.15) is 10.4 Å². The van der Waals surface area contributed by atoms with Gasteiger partial charge in [0.2, 0.25) is 6.04 Å². The van der Waals surface area contributed by atoms with Crippen LogP contribution in [0, 0.1) is 0 Å². The van der Waals surface area contributed by atoms with E-state index >= 15 is 0 Å². The van der Waals surface area contributed by atoms with Crippen LogP contribution >= 0.6 is 0 Å². The number of carbonyl (C=O) groups is 3. The molecule has 1 unspecified atom stereocenters. The largest absolute Gasteiger partial charge is 0.479 e. The quantitative estimate of drug-likeness (QED) is 0.588. The van der Waals surface area contributed by atoms with Crippen LogP contribution in [0.25, 0.3) is 0 Å². The zero-order valence-corrected chi connectivity index (χ0v) is 8.21. The van der Waals surface area contributed by atoms with Crippen molar-refractivity contribution in [2.24, 2.45) is 5.73 Å². The second-order valence-electron chi connectivity index (χ2n) is 3.01. The number of rotatable bonds is 4. The molecule has 0 heterocycles. The summed E-state index contributed by atoms with van der Waals surface area (Å²) >= 11 is 0. The lowest BCUT2D eigenvalue weighted by atomic mass is 10.2. The van der Waals surface area contributed by atoms with E-state index in [0.717, 1.165) is 0 Å². The molecule has 0 aliphatic heterocycles. The number of amides is 2. The first-order valence-corrected chi connectivity index (χ1v) is 4.40. The normalized spacial score (nSPS) is 11.5. The van der Waals surface area contributed by atoms with E-state index in [9.17, 15) is 14.4 Å². The molecule has 16 heavy (non-hydrogen) atoms. The van der Waals surface area contributed by atoms with E-state index in [1.165, 1.54) is 12.1 Å². The maximum absolute atomic E-state index is 11.5. The Morgan fingerprint density at radius 2 is 1.75 bits per heavy atom. The molecule has 0 aliphatic rings. The number of carbonyl (C=O) groups excluding carboxylic acids is 2. The van der Waals surface area contributed by atoms with Crippen molar-refractivity contribution in [2.45, 2.75) is 6.04 Å². The van der Waals surface area contributed by atoms with Gasteiger partial charge in [0.15, 0.2) is 0 Å². The van der Waals surface area contributed by atoms with Gasteiger partial charge in [-0.15, -0.1) is 0 Å². The van der Waals surface area contributed by atoms with Gasteiger partial charge in [0.1, 0.15) is 0 Å². The lowest BCUT2D eigenvalue weighted by Crippen LogP contribution is -2.49. The van der Waals surface area contributed by atoms with Crippen LogP contribution in [-0.4, -0.2) is 28.9 Å². The molecule has 0 saturated carbocycles. The molecule has 0 saturated heterocycles. The molecule has 1 aromatic rings. The van der Waals surface area contributed by atoms with E-state index in [0.29, 0.717) is 0 Å². The molecule has 0 aliphatic carbocycles. The summed E-state index contributed by atoms with van der Waals surface area (Å²) < 4.78 is 0. The number of aliphatic carboxylic acids is 1. The minimum Gasteiger partial charge on any atom is -0.479 e. The van der Waals surface area contributed by atoms with Crippen molar-refractivity contribution in [3.8, 4) is 0 Å². The molecule has 0 fully saturated rings. The molecule has 2 amide bonds. The zero-order chi connectivity index (χ0) is 12.1. The SMILES string of the molecule is NC(=O)C(NC(=O)c1ccccc1)C(=O)O. The van der Waals surface area contributed by atoms with E-state index in [4.69, 9.17) is 10.8 Å². The number of hydrogen-bond acceptors (Lipinski definition) is 3. The molecule has 4 N–H and O–H groups in total. The lowest BCUT2D eigenvalue weighted by molar-refractivity contribution is -0.142. The highest BCUT2D eigenvalue weighted by molar-refractivity contribution is 6.06. The third kappa shape index (κ3) is 2.81. The molecule has 0 radical (unpaired) electrons. The van der Waals surface area contributed by atoms with Crippen molar-refractivity contribution in [2.75, 3.05) is 0 Å². The van der Waals surface area contributed by atoms with Crippen LogP contribution < -0.4 is 11.1 Å². The van der Waals surface area contributed by atoms with Gasteiger partial charge in [0.05, 0.1) is 0 Å². The standard InChI is InChI=1S/C10H10N2O4/c11-8(13)7(10(15)16)12-9(14)6-4-2-1-3-5-6/h1-5,7H,(H2,11,13)(H,12,14)(H,15,16). The first-order valence-electron chi connectivity index (χ1n) is 4.40. The Hall–Kier alpha value is -2.37. The van der Waals surface area contributed by atoms with Crippen LogP contribution in [0.5, 0.6) is 0 Å². The van der Waals surface area contributed by atoms with Gasteiger partial charge in [-0.2, -0.15) is 0 Å². The first kappa shape index (κ1) is 11.7. The summed E-state index contributed by atoms with van der Waals surface area (Å²) in [4.78, 5) is 32.8. The maximum Gasteiger partial charge on any atom is 0.336 e. The topological polar surface area (TPSA) is 109 Å². The summed E-state index contributed by atoms with van der Waals surface area (Å²) in [5.74, 6) is -3.26. The van der Waals surface area contributed by atoms with Crippen LogP contribution in [0.2, 0.25) is 0 Å². The fourth-order valence-corrected chi connectivity index (χ4v) is 1.06. The molecule has 0 bridgehead atoms. The van der Waals surface area contributed by atoms with Crippen LogP contribution in [0.3, 0.4) is 0 Å². The van der Waals surface area contributed by atoms with Gasteiger partial charge in [-0.05, 0) is 12.1 Å². The second-order valence-corrected chi connectivity index (χ2v) is 3.01. The van der Waals surface area contributed by atoms with E-state index in [2.05, 4.69) is 0 Å². The maximum atomic E-state index is 11.5. The first-order chi connectivity index (χ1) is 7.52. The van der Waals surface area contributed by atoms with E-state index < -0.39 is 23.8 Å². The smallest absolute Gasteiger partial charge is 0.336 e. The van der Waals surface area contributed by atoms with Crippen molar-refractivity contribution >= 4 is 17.8 Å². The average Bonchev–Trinajstić information content (AvgIpc) is 2.25. The lowest BCUT2D eigenvalue weighted by Gasteiger charge is -2.10. The highest BCUT2D eigenvalue weighted by Crippen LogP contribution is 1.98. The molecule has 1 aromatic carbocycles. The zero-order valence-electron chi connectivity index (χ0n) is 8.21. The molecule has 1 atom stereocenters. The van der Waals surface area contributed by atoms with Gasteiger partial charge in [-0.25, -0.2) is 4.79 Å². The third-order valence-electron chi connectivity index (χ3n) is 1.84. The van der Waals surface area contributed by atoms with Gasteiger partial charge in [0, 0.05) is 5.56 Å². The number of nitrogens with one attached hydrogen (secondary N) is 1. The Balaban J connectivity index is 2.77. The monoisotopic (exact) mass is 222 g/mol. The Morgan fingerprint density at radius 1 is 1.19 bits per heavy atom. The van der Waals surface area contributed by atoms with Crippen molar-refractivity contribution in [1.29, 1.82) is 0 Å². The van der Waals surface area contributed by atoms with Crippen LogP contribution in [-0.2, 0) is 9.59 Å². The molecular formula is C10H10N2O4. The van der Waals surface area contributed by atoms with Crippen molar-refractivity contribution in [3.63, 3.8) is 0 Å². The highest BCUT2D eigenvalue weighted by Gasteiger charge is 2.25. The van der Waals surface area contributed by atoms with Crippen molar-refractivity contribution in [1.82, 2.24) is 5.32 Å². The summed E-state index contributed by atoms with van der Waals surface area (Å²) in [5.41, 5.74) is 5.09. The molecule has 0 aromatic heterocycles. The molecule has 6 nitrogen and oxygen atoms in total. The molecule has 1 rings (SSSR count). The number of nitrogens with two attached hydrogens (primary N) is 1. The van der Waals surface area contributed by atoms with Gasteiger partial charge in [-0.3, -0.25) is 9.59 Å². The average molecular weight is 222 g/mol. The molecule has 84 valence electrons. The fourth-order valence-electron chi connectivity index (χ4n) is 1.06. The highest BCUT2D eigenvalue weighted by atomic mass is 16.4. The summed E-state index contributed by atoms with van der Waals surface area (Å²) in [5, 5.41) is 10.6. The molecule has 0 spiro atoms. The fraction of sp³-hybridized carbons (Fsp3) is 0.100. The number of hydrogen-bond donors (Lipinski definition) is 3. The number of carboxylic acids is 1.